The average Bonchev–Trinajstić information content (AvgIpc) is 3.48. The number of hydrogen-bond acceptors (Lipinski definition) is 4. The molecule has 0 saturated carbocycles. The number of carbonyl (C=O) groups excluding carboxylic acids is 1. The molecule has 154 valence electrons. The van der Waals surface area contributed by atoms with Gasteiger partial charge in [-0.25, -0.2) is 5.01 Å². The second kappa shape index (κ2) is 8.28. The highest BCUT2D eigenvalue weighted by atomic mass is 35.5. The standard InChI is InChI=1S/C25H19ClN2O3/c26-19-12-10-18(11-13-19)21-15-22(24-9-4-14-30-24)28(27-21)25(29)16-31-23-8-3-6-17-5-1-2-7-20(17)23/h1-14,22H,15-16H2. The van der Waals surface area contributed by atoms with Crippen molar-refractivity contribution in [3.05, 3.63) is 101 Å². The van der Waals surface area contributed by atoms with Gasteiger partial charge in [0, 0.05) is 16.8 Å². The van der Waals surface area contributed by atoms with Crippen LogP contribution in [0, 0.1) is 0 Å². The van der Waals surface area contributed by atoms with Crippen LogP contribution in [0.4, 0.5) is 0 Å². The Bertz CT molecular complexity index is 1240. The predicted octanol–water partition coefficient (Wildman–Crippen LogP) is 5.84. The number of ether oxygens (including phenoxy) is 1. The van der Waals surface area contributed by atoms with E-state index in [0.29, 0.717) is 23.0 Å². The zero-order valence-electron chi connectivity index (χ0n) is 16.6. The van der Waals surface area contributed by atoms with E-state index < -0.39 is 0 Å². The lowest BCUT2D eigenvalue weighted by atomic mass is 10.0. The average molecular weight is 431 g/mol. The first-order valence-electron chi connectivity index (χ1n) is 9.98. The van der Waals surface area contributed by atoms with Crippen molar-refractivity contribution in [3.8, 4) is 5.75 Å². The molecule has 1 atom stereocenters. The predicted molar refractivity (Wildman–Crippen MR) is 120 cm³/mol. The smallest absolute Gasteiger partial charge is 0.281 e. The normalized spacial score (nSPS) is 15.8. The summed E-state index contributed by atoms with van der Waals surface area (Å²) in [4.78, 5) is 13.1. The van der Waals surface area contributed by atoms with Crippen molar-refractivity contribution in [2.24, 2.45) is 5.10 Å². The van der Waals surface area contributed by atoms with Crippen LogP contribution in [-0.4, -0.2) is 23.2 Å². The number of amides is 1. The summed E-state index contributed by atoms with van der Waals surface area (Å²) in [5.41, 5.74) is 1.72. The first-order chi connectivity index (χ1) is 15.2. The molecule has 0 N–H and O–H groups in total. The van der Waals surface area contributed by atoms with Gasteiger partial charge in [-0.05, 0) is 41.3 Å². The largest absolute Gasteiger partial charge is 0.483 e. The summed E-state index contributed by atoms with van der Waals surface area (Å²) >= 11 is 6.01. The van der Waals surface area contributed by atoms with Crippen molar-refractivity contribution in [1.29, 1.82) is 0 Å². The van der Waals surface area contributed by atoms with E-state index in [1.807, 2.05) is 78.9 Å². The summed E-state index contributed by atoms with van der Waals surface area (Å²) < 4.78 is 11.5. The molecular formula is C25H19ClN2O3. The number of fused-ring (bicyclic) bond motifs is 1. The van der Waals surface area contributed by atoms with Crippen molar-refractivity contribution in [2.75, 3.05) is 6.61 Å². The summed E-state index contributed by atoms with van der Waals surface area (Å²) in [7, 11) is 0. The zero-order chi connectivity index (χ0) is 21.2. The minimum atomic E-state index is -0.315. The number of carbonyl (C=O) groups is 1. The van der Waals surface area contributed by atoms with E-state index in [0.717, 1.165) is 22.0 Å². The Hall–Kier alpha value is -3.57. The van der Waals surface area contributed by atoms with Gasteiger partial charge >= 0.3 is 0 Å². The Morgan fingerprint density at radius 1 is 1.03 bits per heavy atom. The van der Waals surface area contributed by atoms with Crippen LogP contribution in [0.2, 0.25) is 5.02 Å². The van der Waals surface area contributed by atoms with Crippen molar-refractivity contribution in [1.82, 2.24) is 5.01 Å². The molecule has 0 saturated heterocycles. The van der Waals surface area contributed by atoms with E-state index in [-0.39, 0.29) is 18.6 Å². The highest BCUT2D eigenvalue weighted by molar-refractivity contribution is 6.30. The van der Waals surface area contributed by atoms with Crippen LogP contribution >= 0.6 is 11.6 Å². The summed E-state index contributed by atoms with van der Waals surface area (Å²) in [5, 5.41) is 8.76. The Morgan fingerprint density at radius 2 is 1.84 bits per heavy atom. The maximum absolute atomic E-state index is 13.1. The quantitative estimate of drug-likeness (QED) is 0.399. The maximum Gasteiger partial charge on any atom is 0.281 e. The molecule has 1 unspecified atom stereocenters. The molecule has 0 bridgehead atoms. The van der Waals surface area contributed by atoms with Gasteiger partial charge in [0.2, 0.25) is 0 Å². The Kier molecular flexibility index (Phi) is 5.18. The first kappa shape index (κ1) is 19.4. The van der Waals surface area contributed by atoms with Gasteiger partial charge in [0.05, 0.1) is 12.0 Å². The second-order valence-electron chi connectivity index (χ2n) is 7.29. The lowest BCUT2D eigenvalue weighted by Gasteiger charge is -2.20. The number of halogens is 1. The molecule has 4 aromatic rings. The molecule has 0 fully saturated rings. The van der Waals surface area contributed by atoms with Gasteiger partial charge in [-0.1, -0.05) is 60.1 Å². The summed E-state index contributed by atoms with van der Waals surface area (Å²) in [6, 6.07) is 24.5. The van der Waals surface area contributed by atoms with Gasteiger partial charge in [0.15, 0.2) is 6.61 Å². The molecule has 0 radical (unpaired) electrons. The Labute approximate surface area is 184 Å². The SMILES string of the molecule is O=C(COc1cccc2ccccc12)N1N=C(c2ccc(Cl)cc2)CC1c1ccco1. The minimum Gasteiger partial charge on any atom is -0.483 e. The fourth-order valence-corrected chi connectivity index (χ4v) is 3.91. The fraction of sp³-hybridized carbons (Fsp3) is 0.120. The van der Waals surface area contributed by atoms with E-state index in [4.69, 9.17) is 20.8 Å². The van der Waals surface area contributed by atoms with Gasteiger partial charge in [-0.2, -0.15) is 5.10 Å². The highest BCUT2D eigenvalue weighted by Crippen LogP contribution is 2.33. The zero-order valence-corrected chi connectivity index (χ0v) is 17.3. The molecular weight excluding hydrogens is 412 g/mol. The molecule has 0 spiro atoms. The third-order valence-corrected chi connectivity index (χ3v) is 5.57. The highest BCUT2D eigenvalue weighted by Gasteiger charge is 2.35. The van der Waals surface area contributed by atoms with E-state index in [1.165, 1.54) is 5.01 Å². The number of hydrazone groups is 1. The lowest BCUT2D eigenvalue weighted by Crippen LogP contribution is -2.31. The van der Waals surface area contributed by atoms with Gasteiger partial charge in [0.25, 0.3) is 5.91 Å². The third kappa shape index (κ3) is 3.92. The van der Waals surface area contributed by atoms with Crippen LogP contribution in [0.3, 0.4) is 0 Å². The van der Waals surface area contributed by atoms with Crippen molar-refractivity contribution in [2.45, 2.75) is 12.5 Å². The second-order valence-corrected chi connectivity index (χ2v) is 7.73. The van der Waals surface area contributed by atoms with Crippen LogP contribution in [0.1, 0.15) is 23.8 Å². The van der Waals surface area contributed by atoms with Crippen LogP contribution in [0.25, 0.3) is 10.8 Å². The fourth-order valence-electron chi connectivity index (χ4n) is 3.79. The van der Waals surface area contributed by atoms with Crippen LogP contribution in [0.15, 0.2) is 94.6 Å². The Morgan fingerprint density at radius 3 is 2.65 bits per heavy atom. The molecule has 1 amide bonds. The van der Waals surface area contributed by atoms with Gasteiger partial charge in [0.1, 0.15) is 17.6 Å². The molecule has 2 heterocycles. The van der Waals surface area contributed by atoms with E-state index in [1.54, 1.807) is 6.26 Å². The van der Waals surface area contributed by atoms with Crippen LogP contribution in [0.5, 0.6) is 5.75 Å². The third-order valence-electron chi connectivity index (χ3n) is 5.32. The summed E-state index contributed by atoms with van der Waals surface area (Å²) in [6.07, 6.45) is 2.15. The van der Waals surface area contributed by atoms with Gasteiger partial charge in [-0.3, -0.25) is 4.79 Å². The molecule has 0 aliphatic carbocycles. The molecule has 1 aliphatic rings. The number of furan rings is 1. The van der Waals surface area contributed by atoms with Crippen LogP contribution in [-0.2, 0) is 4.79 Å². The number of hydrogen-bond donors (Lipinski definition) is 0. The molecule has 31 heavy (non-hydrogen) atoms. The maximum atomic E-state index is 13.1. The van der Waals surface area contributed by atoms with Gasteiger partial charge < -0.3 is 9.15 Å². The van der Waals surface area contributed by atoms with Crippen molar-refractivity contribution in [3.63, 3.8) is 0 Å². The number of nitrogens with zero attached hydrogens (tertiary/aromatic N) is 2. The van der Waals surface area contributed by atoms with Crippen molar-refractivity contribution < 1.29 is 13.9 Å². The minimum absolute atomic E-state index is 0.122. The number of benzene rings is 3. The molecule has 5 nitrogen and oxygen atoms in total. The monoisotopic (exact) mass is 430 g/mol. The summed E-state index contributed by atoms with van der Waals surface area (Å²) in [5.74, 6) is 1.12. The van der Waals surface area contributed by atoms with E-state index in [9.17, 15) is 4.79 Å². The molecule has 1 aromatic heterocycles. The van der Waals surface area contributed by atoms with Crippen LogP contribution < -0.4 is 4.74 Å². The van der Waals surface area contributed by atoms with Gasteiger partial charge in [-0.15, -0.1) is 0 Å². The number of rotatable bonds is 5. The lowest BCUT2D eigenvalue weighted by molar-refractivity contribution is -0.135. The molecule has 3 aromatic carbocycles. The van der Waals surface area contributed by atoms with E-state index in [2.05, 4.69) is 5.10 Å². The molecule has 6 heteroatoms. The van der Waals surface area contributed by atoms with Crippen molar-refractivity contribution >= 4 is 34.0 Å². The molecule has 1 aliphatic heterocycles. The first-order valence-corrected chi connectivity index (χ1v) is 10.4. The summed E-state index contributed by atoms with van der Waals surface area (Å²) in [6.45, 7) is -0.122. The Balaban J connectivity index is 1.39. The topological polar surface area (TPSA) is 55.0 Å². The van der Waals surface area contributed by atoms with E-state index >= 15 is 0 Å². The molecule has 5 rings (SSSR count).